The molecular formula is C17H14F3N3. The van der Waals surface area contributed by atoms with Gasteiger partial charge in [0.1, 0.15) is 5.69 Å². The molecule has 1 aromatic carbocycles. The third kappa shape index (κ3) is 2.38. The molecule has 0 radical (unpaired) electrons. The molecule has 3 nitrogen and oxygen atoms in total. The summed E-state index contributed by atoms with van der Waals surface area (Å²) in [6.45, 7) is 0. The Bertz CT molecular complexity index is 880. The van der Waals surface area contributed by atoms with Crippen LogP contribution in [0.2, 0.25) is 0 Å². The number of hydrogen-bond acceptors (Lipinski definition) is 2. The summed E-state index contributed by atoms with van der Waals surface area (Å²) >= 11 is 0. The van der Waals surface area contributed by atoms with Crippen LogP contribution in [-0.2, 0) is 19.0 Å². The third-order valence-electron chi connectivity index (χ3n) is 4.28. The Balaban J connectivity index is 2.00. The van der Waals surface area contributed by atoms with Gasteiger partial charge in [0.2, 0.25) is 0 Å². The highest BCUT2D eigenvalue weighted by atomic mass is 19.4. The summed E-state index contributed by atoms with van der Waals surface area (Å²) < 4.78 is 41.2. The van der Waals surface area contributed by atoms with Crippen LogP contribution >= 0.6 is 0 Å². The highest BCUT2D eigenvalue weighted by Crippen LogP contribution is 2.33. The van der Waals surface area contributed by atoms with E-state index in [2.05, 4.69) is 10.1 Å². The average molecular weight is 317 g/mol. The fourth-order valence-corrected chi connectivity index (χ4v) is 3.18. The van der Waals surface area contributed by atoms with Crippen molar-refractivity contribution in [3.05, 3.63) is 53.5 Å². The molecule has 23 heavy (non-hydrogen) atoms. The second-order valence-corrected chi connectivity index (χ2v) is 5.78. The van der Waals surface area contributed by atoms with E-state index in [-0.39, 0.29) is 0 Å². The number of pyridine rings is 1. The van der Waals surface area contributed by atoms with Crippen molar-refractivity contribution in [2.24, 2.45) is 0 Å². The highest BCUT2D eigenvalue weighted by molar-refractivity contribution is 5.87. The van der Waals surface area contributed by atoms with Gasteiger partial charge in [-0.3, -0.25) is 0 Å². The van der Waals surface area contributed by atoms with Crippen molar-refractivity contribution in [1.29, 1.82) is 0 Å². The lowest BCUT2D eigenvalue weighted by molar-refractivity contribution is -0.140. The van der Waals surface area contributed by atoms with E-state index in [9.17, 15) is 13.2 Å². The first-order chi connectivity index (χ1) is 11.0. The summed E-state index contributed by atoms with van der Waals surface area (Å²) in [6, 6.07) is 7.98. The Labute approximate surface area is 130 Å². The molecule has 0 saturated heterocycles. The topological polar surface area (TPSA) is 30.7 Å². The van der Waals surface area contributed by atoms with Gasteiger partial charge in [0.15, 0.2) is 0 Å². The molecule has 0 bridgehead atoms. The predicted octanol–water partition coefficient (Wildman–Crippen LogP) is 4.32. The van der Waals surface area contributed by atoms with Crippen LogP contribution in [-0.4, -0.2) is 14.8 Å². The van der Waals surface area contributed by atoms with Gasteiger partial charge in [-0.1, -0.05) is 18.2 Å². The largest absolute Gasteiger partial charge is 0.433 e. The molecule has 2 aromatic heterocycles. The summed E-state index contributed by atoms with van der Waals surface area (Å²) in [7, 11) is 0. The summed E-state index contributed by atoms with van der Waals surface area (Å²) in [4.78, 5) is 3.76. The zero-order chi connectivity index (χ0) is 16.0. The quantitative estimate of drug-likeness (QED) is 0.669. The molecule has 6 heteroatoms. The Morgan fingerprint density at radius 1 is 1.04 bits per heavy atom. The Hall–Kier alpha value is -2.37. The van der Waals surface area contributed by atoms with Gasteiger partial charge in [-0.15, -0.1) is 0 Å². The smallest absolute Gasteiger partial charge is 0.243 e. The number of rotatable bonds is 1. The van der Waals surface area contributed by atoms with Gasteiger partial charge in [0.05, 0.1) is 17.4 Å². The van der Waals surface area contributed by atoms with E-state index < -0.39 is 11.9 Å². The number of alkyl halides is 3. The maximum Gasteiger partial charge on any atom is 0.433 e. The predicted molar refractivity (Wildman–Crippen MR) is 80.5 cm³/mol. The standard InChI is InChI=1S/C17H14F3N3/c18-17(19,20)16-9-15(12-6-2-3-7-13(12)22-16)23-14-8-4-1-5-11(14)10-21-23/h2-3,6-7,9-10H,1,4-5,8H2. The lowest BCUT2D eigenvalue weighted by Crippen LogP contribution is -2.12. The molecular weight excluding hydrogens is 303 g/mol. The van der Waals surface area contributed by atoms with Gasteiger partial charge < -0.3 is 0 Å². The normalized spacial score (nSPS) is 14.9. The molecule has 3 aromatic rings. The van der Waals surface area contributed by atoms with Crippen molar-refractivity contribution in [2.75, 3.05) is 0 Å². The fourth-order valence-electron chi connectivity index (χ4n) is 3.18. The van der Waals surface area contributed by atoms with Crippen LogP contribution in [0, 0.1) is 0 Å². The van der Waals surface area contributed by atoms with Gasteiger partial charge in [-0.2, -0.15) is 18.3 Å². The van der Waals surface area contributed by atoms with Crippen molar-refractivity contribution in [2.45, 2.75) is 31.9 Å². The van der Waals surface area contributed by atoms with E-state index in [1.54, 1.807) is 35.1 Å². The molecule has 0 saturated carbocycles. The van der Waals surface area contributed by atoms with Crippen molar-refractivity contribution in [3.63, 3.8) is 0 Å². The number of aromatic nitrogens is 3. The molecule has 2 heterocycles. The minimum Gasteiger partial charge on any atom is -0.243 e. The minimum atomic E-state index is -4.48. The summed E-state index contributed by atoms with van der Waals surface area (Å²) in [5, 5.41) is 5.04. The SMILES string of the molecule is FC(F)(F)c1cc(-n2ncc3c2CCCC3)c2ccccc2n1. The summed E-state index contributed by atoms with van der Waals surface area (Å²) in [5.41, 5.74) is 2.04. The zero-order valence-electron chi connectivity index (χ0n) is 12.3. The molecule has 0 amide bonds. The lowest BCUT2D eigenvalue weighted by Gasteiger charge is -2.16. The molecule has 0 N–H and O–H groups in total. The molecule has 0 spiro atoms. The van der Waals surface area contributed by atoms with E-state index >= 15 is 0 Å². The van der Waals surface area contributed by atoms with Gasteiger partial charge in [-0.25, -0.2) is 9.67 Å². The van der Waals surface area contributed by atoms with Crippen LogP contribution in [0.25, 0.3) is 16.6 Å². The molecule has 1 aliphatic carbocycles. The fraction of sp³-hybridized carbons (Fsp3) is 0.294. The summed E-state index contributed by atoms with van der Waals surface area (Å²) in [6.07, 6.45) is 1.21. The molecule has 4 rings (SSSR count). The van der Waals surface area contributed by atoms with Crippen LogP contribution in [0.15, 0.2) is 36.5 Å². The zero-order valence-corrected chi connectivity index (χ0v) is 12.3. The molecule has 118 valence electrons. The Kier molecular flexibility index (Phi) is 3.14. The van der Waals surface area contributed by atoms with Crippen molar-refractivity contribution in [3.8, 4) is 5.69 Å². The Morgan fingerprint density at radius 3 is 2.65 bits per heavy atom. The van der Waals surface area contributed by atoms with Gasteiger partial charge in [0, 0.05) is 11.1 Å². The maximum absolute atomic E-state index is 13.2. The third-order valence-corrected chi connectivity index (χ3v) is 4.28. The van der Waals surface area contributed by atoms with E-state index in [0.717, 1.165) is 43.0 Å². The number of aryl methyl sites for hydroxylation is 1. The Morgan fingerprint density at radius 2 is 1.83 bits per heavy atom. The number of hydrogen-bond donors (Lipinski definition) is 0. The molecule has 0 unspecified atom stereocenters. The van der Waals surface area contributed by atoms with Crippen LogP contribution in [0.4, 0.5) is 13.2 Å². The van der Waals surface area contributed by atoms with E-state index in [4.69, 9.17) is 0 Å². The van der Waals surface area contributed by atoms with Crippen molar-refractivity contribution < 1.29 is 13.2 Å². The first-order valence-corrected chi connectivity index (χ1v) is 7.57. The number of benzene rings is 1. The van der Waals surface area contributed by atoms with Gasteiger partial charge in [0.25, 0.3) is 0 Å². The minimum absolute atomic E-state index is 0.331. The second-order valence-electron chi connectivity index (χ2n) is 5.78. The van der Waals surface area contributed by atoms with Gasteiger partial charge in [-0.05, 0) is 43.4 Å². The lowest BCUT2D eigenvalue weighted by atomic mass is 9.98. The van der Waals surface area contributed by atoms with Crippen LogP contribution in [0.1, 0.15) is 29.8 Å². The van der Waals surface area contributed by atoms with E-state index in [1.165, 1.54) is 0 Å². The monoisotopic (exact) mass is 317 g/mol. The number of nitrogens with zero attached hydrogens (tertiary/aromatic N) is 3. The van der Waals surface area contributed by atoms with Crippen LogP contribution < -0.4 is 0 Å². The second kappa shape index (κ2) is 5.08. The van der Waals surface area contributed by atoms with Crippen LogP contribution in [0.3, 0.4) is 0 Å². The first kappa shape index (κ1) is 14.2. The van der Waals surface area contributed by atoms with Crippen molar-refractivity contribution >= 4 is 10.9 Å². The maximum atomic E-state index is 13.2. The number of para-hydroxylation sites is 1. The number of halogens is 3. The van der Waals surface area contributed by atoms with Crippen LogP contribution in [0.5, 0.6) is 0 Å². The van der Waals surface area contributed by atoms with Crippen molar-refractivity contribution in [1.82, 2.24) is 14.8 Å². The van der Waals surface area contributed by atoms with Gasteiger partial charge >= 0.3 is 6.18 Å². The highest BCUT2D eigenvalue weighted by Gasteiger charge is 2.34. The summed E-state index contributed by atoms with van der Waals surface area (Å²) in [5.74, 6) is 0. The molecule has 0 atom stereocenters. The molecule has 0 aliphatic heterocycles. The van der Waals surface area contributed by atoms with E-state index in [0.29, 0.717) is 16.6 Å². The molecule has 0 fully saturated rings. The average Bonchev–Trinajstić information content (AvgIpc) is 2.97. The number of fused-ring (bicyclic) bond motifs is 2. The van der Waals surface area contributed by atoms with E-state index in [1.807, 2.05) is 0 Å². The molecule has 1 aliphatic rings. The first-order valence-electron chi connectivity index (χ1n) is 7.57.